The van der Waals surface area contributed by atoms with E-state index in [1.54, 1.807) is 51.1 Å². The van der Waals surface area contributed by atoms with Crippen LogP contribution in [0.2, 0.25) is 0 Å². The Morgan fingerprint density at radius 3 is 2.14 bits per heavy atom. The van der Waals surface area contributed by atoms with Crippen molar-refractivity contribution in [1.29, 1.82) is 0 Å². The van der Waals surface area contributed by atoms with Crippen molar-refractivity contribution in [2.45, 2.75) is 32.5 Å². The molecule has 0 fully saturated rings. The second-order valence-corrected chi connectivity index (χ2v) is 5.37. The van der Waals surface area contributed by atoms with Crippen molar-refractivity contribution in [1.82, 2.24) is 0 Å². The molecule has 0 radical (unpaired) electrons. The Labute approximate surface area is 121 Å². The van der Waals surface area contributed by atoms with Gasteiger partial charge in [0.15, 0.2) is 0 Å². The SMILES string of the molecule is CC(C)(C)OC(=O)/C=C(\C=C\c1ccccc1)C(F)(F)F. The van der Waals surface area contributed by atoms with Crippen LogP contribution in [0.25, 0.3) is 6.08 Å². The number of benzene rings is 1. The number of carbonyl (C=O) groups excluding carboxylic acids is 1. The molecule has 0 N–H and O–H groups in total. The molecule has 0 saturated heterocycles. The van der Waals surface area contributed by atoms with Crippen LogP contribution in [0.5, 0.6) is 0 Å². The minimum Gasteiger partial charge on any atom is -0.457 e. The van der Waals surface area contributed by atoms with E-state index in [1.807, 2.05) is 0 Å². The molecule has 21 heavy (non-hydrogen) atoms. The topological polar surface area (TPSA) is 26.3 Å². The first-order chi connectivity index (χ1) is 9.58. The predicted octanol–water partition coefficient (Wildman–Crippen LogP) is 4.53. The molecule has 0 bridgehead atoms. The van der Waals surface area contributed by atoms with Crippen LogP contribution in [0.4, 0.5) is 13.2 Å². The molecule has 1 aromatic carbocycles. The van der Waals surface area contributed by atoms with Crippen LogP contribution in [-0.2, 0) is 9.53 Å². The van der Waals surface area contributed by atoms with Gasteiger partial charge in [0.2, 0.25) is 0 Å². The number of alkyl halides is 3. The number of esters is 1. The fraction of sp³-hybridized carbons (Fsp3) is 0.312. The van der Waals surface area contributed by atoms with E-state index in [-0.39, 0.29) is 0 Å². The van der Waals surface area contributed by atoms with E-state index in [4.69, 9.17) is 4.74 Å². The third kappa shape index (κ3) is 6.79. The van der Waals surface area contributed by atoms with Gasteiger partial charge in [-0.25, -0.2) is 4.79 Å². The van der Waals surface area contributed by atoms with Crippen LogP contribution in [0.15, 0.2) is 48.1 Å². The highest BCUT2D eigenvalue weighted by Gasteiger charge is 2.33. The summed E-state index contributed by atoms with van der Waals surface area (Å²) in [5, 5.41) is 0. The van der Waals surface area contributed by atoms with Crippen molar-refractivity contribution < 1.29 is 22.7 Å². The van der Waals surface area contributed by atoms with Crippen LogP contribution in [0, 0.1) is 0 Å². The van der Waals surface area contributed by atoms with Gasteiger partial charge in [-0.2, -0.15) is 13.2 Å². The molecule has 0 unspecified atom stereocenters. The summed E-state index contributed by atoms with van der Waals surface area (Å²) in [5.74, 6) is -1.02. The summed E-state index contributed by atoms with van der Waals surface area (Å²) in [5.41, 5.74) is -1.29. The lowest BCUT2D eigenvalue weighted by molar-refractivity contribution is -0.149. The maximum Gasteiger partial charge on any atom is 0.416 e. The van der Waals surface area contributed by atoms with E-state index in [0.29, 0.717) is 11.6 Å². The largest absolute Gasteiger partial charge is 0.457 e. The molecule has 1 rings (SSSR count). The lowest BCUT2D eigenvalue weighted by atomic mass is 10.1. The van der Waals surface area contributed by atoms with Gasteiger partial charge < -0.3 is 4.74 Å². The van der Waals surface area contributed by atoms with E-state index < -0.39 is 23.3 Å². The Kier molecular flexibility index (Phi) is 5.35. The first-order valence-corrected chi connectivity index (χ1v) is 6.33. The molecule has 0 aliphatic heterocycles. The quantitative estimate of drug-likeness (QED) is 0.465. The molecule has 0 heterocycles. The zero-order valence-electron chi connectivity index (χ0n) is 12.1. The molecule has 5 heteroatoms. The second kappa shape index (κ2) is 6.61. The highest BCUT2D eigenvalue weighted by molar-refractivity contribution is 5.84. The van der Waals surface area contributed by atoms with Crippen molar-refractivity contribution in [3.05, 3.63) is 53.6 Å². The Hall–Kier alpha value is -2.04. The summed E-state index contributed by atoms with van der Waals surface area (Å²) >= 11 is 0. The lowest BCUT2D eigenvalue weighted by Gasteiger charge is -2.18. The highest BCUT2D eigenvalue weighted by Crippen LogP contribution is 2.27. The van der Waals surface area contributed by atoms with E-state index in [2.05, 4.69) is 0 Å². The van der Waals surface area contributed by atoms with Gasteiger partial charge >= 0.3 is 12.1 Å². The normalized spacial score (nSPS) is 13.5. The van der Waals surface area contributed by atoms with E-state index in [1.165, 1.54) is 6.08 Å². The predicted molar refractivity (Wildman–Crippen MR) is 75.5 cm³/mol. The highest BCUT2D eigenvalue weighted by atomic mass is 19.4. The zero-order valence-corrected chi connectivity index (χ0v) is 12.1. The maximum atomic E-state index is 12.9. The van der Waals surface area contributed by atoms with Crippen LogP contribution >= 0.6 is 0 Å². The number of allylic oxidation sites excluding steroid dienone is 2. The van der Waals surface area contributed by atoms with Crippen molar-refractivity contribution in [3.8, 4) is 0 Å². The fourth-order valence-electron chi connectivity index (χ4n) is 1.43. The van der Waals surface area contributed by atoms with E-state index in [0.717, 1.165) is 6.08 Å². The van der Waals surface area contributed by atoms with Gasteiger partial charge in [-0.05, 0) is 32.4 Å². The summed E-state index contributed by atoms with van der Waals surface area (Å²) < 4.78 is 43.5. The van der Waals surface area contributed by atoms with Gasteiger partial charge in [-0.3, -0.25) is 0 Å². The van der Waals surface area contributed by atoms with Gasteiger partial charge in [0.25, 0.3) is 0 Å². The number of carbonyl (C=O) groups is 1. The van der Waals surface area contributed by atoms with Gasteiger partial charge in [0.05, 0.1) is 5.57 Å². The monoisotopic (exact) mass is 298 g/mol. The third-order valence-electron chi connectivity index (χ3n) is 2.26. The van der Waals surface area contributed by atoms with Crippen LogP contribution in [0.3, 0.4) is 0 Å². The molecular weight excluding hydrogens is 281 g/mol. The molecule has 0 aromatic heterocycles. The molecule has 0 atom stereocenters. The molecule has 2 nitrogen and oxygen atoms in total. The lowest BCUT2D eigenvalue weighted by Crippen LogP contribution is -2.23. The summed E-state index contributed by atoms with van der Waals surface area (Å²) in [4.78, 5) is 11.5. The van der Waals surface area contributed by atoms with Gasteiger partial charge in [-0.15, -0.1) is 0 Å². The summed E-state index contributed by atoms with van der Waals surface area (Å²) in [6.07, 6.45) is -2.00. The molecule has 0 aliphatic carbocycles. The van der Waals surface area contributed by atoms with Crippen LogP contribution in [-0.4, -0.2) is 17.7 Å². The molecule has 0 spiro atoms. The van der Waals surface area contributed by atoms with Crippen LogP contribution < -0.4 is 0 Å². The Bertz CT molecular complexity index is 535. The van der Waals surface area contributed by atoms with Crippen molar-refractivity contribution >= 4 is 12.0 Å². The molecule has 0 saturated carbocycles. The first kappa shape index (κ1) is 17.0. The second-order valence-electron chi connectivity index (χ2n) is 5.37. The molecule has 114 valence electrons. The molecule has 0 aliphatic rings. The number of hydrogen-bond acceptors (Lipinski definition) is 2. The molecule has 0 amide bonds. The Morgan fingerprint density at radius 2 is 1.67 bits per heavy atom. The van der Waals surface area contributed by atoms with E-state index in [9.17, 15) is 18.0 Å². The first-order valence-electron chi connectivity index (χ1n) is 6.33. The minimum atomic E-state index is -4.62. The number of ether oxygens (including phenoxy) is 1. The summed E-state index contributed by atoms with van der Waals surface area (Å²) in [6, 6.07) is 8.52. The smallest absolute Gasteiger partial charge is 0.416 e. The summed E-state index contributed by atoms with van der Waals surface area (Å²) in [7, 11) is 0. The van der Waals surface area contributed by atoms with Crippen molar-refractivity contribution in [2.75, 3.05) is 0 Å². The van der Waals surface area contributed by atoms with Gasteiger partial charge in [0, 0.05) is 6.08 Å². The van der Waals surface area contributed by atoms with Gasteiger partial charge in [-0.1, -0.05) is 36.4 Å². The average molecular weight is 298 g/mol. The zero-order chi connectivity index (χ0) is 16.1. The number of rotatable bonds is 3. The van der Waals surface area contributed by atoms with E-state index >= 15 is 0 Å². The van der Waals surface area contributed by atoms with Crippen LogP contribution in [0.1, 0.15) is 26.3 Å². The molecule has 1 aromatic rings. The number of hydrogen-bond donors (Lipinski definition) is 0. The standard InChI is InChI=1S/C16H17F3O2/c1-15(2,3)21-14(20)11-13(16(17,18)19)10-9-12-7-5-4-6-8-12/h4-11H,1-3H3/b10-9+,13-11+. The Morgan fingerprint density at radius 1 is 1.10 bits per heavy atom. The van der Waals surface area contributed by atoms with Gasteiger partial charge in [0.1, 0.15) is 5.60 Å². The Balaban J connectivity index is 2.97. The minimum absolute atomic E-state index is 0.463. The fourth-order valence-corrected chi connectivity index (χ4v) is 1.43. The average Bonchev–Trinajstić information content (AvgIpc) is 2.32. The maximum absolute atomic E-state index is 12.9. The van der Waals surface area contributed by atoms with Crippen molar-refractivity contribution in [2.24, 2.45) is 0 Å². The number of halogens is 3. The third-order valence-corrected chi connectivity index (χ3v) is 2.26. The van der Waals surface area contributed by atoms with Crippen molar-refractivity contribution in [3.63, 3.8) is 0 Å². The summed E-state index contributed by atoms with van der Waals surface area (Å²) in [6.45, 7) is 4.77. The molecular formula is C16H17F3O2.